The Morgan fingerprint density at radius 1 is 1.22 bits per heavy atom. The third kappa shape index (κ3) is 2.87. The molecule has 1 N–H and O–H groups in total. The summed E-state index contributed by atoms with van der Waals surface area (Å²) >= 11 is 0. The van der Waals surface area contributed by atoms with Crippen LogP contribution in [0.3, 0.4) is 0 Å². The molecule has 8 heteroatoms. The number of carbonyl (C=O) groups is 2. The molecule has 2 aromatic rings. The molecule has 1 aromatic heterocycles. The van der Waals surface area contributed by atoms with E-state index in [0.717, 1.165) is 5.56 Å². The van der Waals surface area contributed by atoms with Gasteiger partial charge in [-0.3, -0.25) is 14.9 Å². The maximum Gasteiger partial charge on any atom is 0.251 e. The van der Waals surface area contributed by atoms with Crippen molar-refractivity contribution in [2.75, 3.05) is 14.2 Å². The second kappa shape index (κ2) is 6.07. The predicted molar refractivity (Wildman–Crippen MR) is 80.0 cm³/mol. The van der Waals surface area contributed by atoms with E-state index >= 15 is 0 Å². The van der Waals surface area contributed by atoms with Crippen LogP contribution in [0.5, 0.6) is 11.5 Å². The Hall–Kier alpha value is -2.90. The first kappa shape index (κ1) is 15.0. The maximum atomic E-state index is 11.9. The summed E-state index contributed by atoms with van der Waals surface area (Å²) < 4.78 is 11.9. The van der Waals surface area contributed by atoms with Gasteiger partial charge in [-0.1, -0.05) is 5.21 Å². The van der Waals surface area contributed by atoms with Gasteiger partial charge in [-0.2, -0.15) is 0 Å². The monoisotopic (exact) mass is 316 g/mol. The number of methoxy groups -OCH3 is 2. The number of carbonyl (C=O) groups excluding carboxylic acids is 2. The van der Waals surface area contributed by atoms with E-state index in [1.54, 1.807) is 32.5 Å². The maximum absolute atomic E-state index is 11.9. The molecule has 1 aliphatic heterocycles. The van der Waals surface area contributed by atoms with Crippen LogP contribution in [-0.2, 0) is 9.59 Å². The minimum absolute atomic E-state index is 0.258. The molecule has 2 heterocycles. The van der Waals surface area contributed by atoms with Crippen molar-refractivity contribution in [3.8, 4) is 22.8 Å². The van der Waals surface area contributed by atoms with Gasteiger partial charge in [-0.05, 0) is 24.6 Å². The Kier molecular flexibility index (Phi) is 3.96. The molecule has 120 valence electrons. The Labute approximate surface area is 132 Å². The van der Waals surface area contributed by atoms with Gasteiger partial charge in [0.15, 0.2) is 11.5 Å². The van der Waals surface area contributed by atoms with Gasteiger partial charge in [0.2, 0.25) is 5.91 Å². The van der Waals surface area contributed by atoms with E-state index in [4.69, 9.17) is 9.47 Å². The highest BCUT2D eigenvalue weighted by molar-refractivity contribution is 5.99. The van der Waals surface area contributed by atoms with Gasteiger partial charge >= 0.3 is 0 Å². The number of amides is 2. The van der Waals surface area contributed by atoms with Crippen LogP contribution in [0.15, 0.2) is 24.4 Å². The molecule has 23 heavy (non-hydrogen) atoms. The van der Waals surface area contributed by atoms with Crippen LogP contribution in [0.2, 0.25) is 0 Å². The van der Waals surface area contributed by atoms with Crippen molar-refractivity contribution in [3.05, 3.63) is 24.4 Å². The first-order valence-corrected chi connectivity index (χ1v) is 7.10. The average Bonchev–Trinajstić information content (AvgIpc) is 3.03. The molecule has 1 unspecified atom stereocenters. The van der Waals surface area contributed by atoms with E-state index < -0.39 is 6.04 Å². The fourth-order valence-corrected chi connectivity index (χ4v) is 2.49. The number of ether oxygens (including phenoxy) is 2. The summed E-state index contributed by atoms with van der Waals surface area (Å²) in [5.74, 6) is 0.589. The van der Waals surface area contributed by atoms with Gasteiger partial charge < -0.3 is 9.47 Å². The van der Waals surface area contributed by atoms with Crippen molar-refractivity contribution >= 4 is 11.8 Å². The van der Waals surface area contributed by atoms with E-state index in [2.05, 4.69) is 15.6 Å². The molecule has 8 nitrogen and oxygen atoms in total. The number of hydrogen-bond donors (Lipinski definition) is 1. The Bertz CT molecular complexity index is 756. The van der Waals surface area contributed by atoms with E-state index in [-0.39, 0.29) is 11.8 Å². The highest BCUT2D eigenvalue weighted by Crippen LogP contribution is 2.31. The summed E-state index contributed by atoms with van der Waals surface area (Å²) in [7, 11) is 3.12. The summed E-state index contributed by atoms with van der Waals surface area (Å²) in [6, 6.07) is 4.88. The van der Waals surface area contributed by atoms with Crippen LogP contribution in [0.1, 0.15) is 18.9 Å². The normalized spacial score (nSPS) is 17.7. The standard InChI is InChI=1S/C15H16N4O4/c1-22-12-5-3-9(7-13(12)23-2)10-8-19(18-17-10)11-4-6-14(20)16-15(11)21/h3,5,7-8,11H,4,6H2,1-2H3,(H,16,20,21). The number of imide groups is 1. The summed E-state index contributed by atoms with van der Waals surface area (Å²) in [5.41, 5.74) is 1.40. The van der Waals surface area contributed by atoms with Crippen LogP contribution in [-0.4, -0.2) is 41.0 Å². The lowest BCUT2D eigenvalue weighted by molar-refractivity contribution is -0.136. The van der Waals surface area contributed by atoms with Gasteiger partial charge in [-0.25, -0.2) is 4.68 Å². The molecule has 1 aliphatic rings. The van der Waals surface area contributed by atoms with Crippen molar-refractivity contribution in [2.24, 2.45) is 0 Å². The summed E-state index contributed by atoms with van der Waals surface area (Å²) in [6.45, 7) is 0. The van der Waals surface area contributed by atoms with Crippen molar-refractivity contribution in [2.45, 2.75) is 18.9 Å². The van der Waals surface area contributed by atoms with E-state index in [9.17, 15) is 9.59 Å². The van der Waals surface area contributed by atoms with Crippen LogP contribution in [0, 0.1) is 0 Å². The van der Waals surface area contributed by atoms with Crippen LogP contribution in [0.4, 0.5) is 0 Å². The van der Waals surface area contributed by atoms with Gasteiger partial charge in [0.25, 0.3) is 5.91 Å². The minimum Gasteiger partial charge on any atom is -0.493 e. The van der Waals surface area contributed by atoms with E-state index in [1.807, 2.05) is 6.07 Å². The number of piperidine rings is 1. The van der Waals surface area contributed by atoms with Crippen LogP contribution < -0.4 is 14.8 Å². The highest BCUT2D eigenvalue weighted by atomic mass is 16.5. The number of aromatic nitrogens is 3. The third-order valence-corrected chi connectivity index (χ3v) is 3.72. The molecular formula is C15H16N4O4. The smallest absolute Gasteiger partial charge is 0.251 e. The van der Waals surface area contributed by atoms with E-state index in [0.29, 0.717) is 30.0 Å². The Morgan fingerprint density at radius 2 is 2.00 bits per heavy atom. The van der Waals surface area contributed by atoms with Crippen molar-refractivity contribution in [3.63, 3.8) is 0 Å². The zero-order valence-electron chi connectivity index (χ0n) is 12.8. The Balaban J connectivity index is 1.87. The number of hydrogen-bond acceptors (Lipinski definition) is 6. The third-order valence-electron chi connectivity index (χ3n) is 3.72. The molecule has 0 radical (unpaired) electrons. The summed E-state index contributed by atoms with van der Waals surface area (Å²) in [6.07, 6.45) is 2.39. The quantitative estimate of drug-likeness (QED) is 0.844. The second-order valence-electron chi connectivity index (χ2n) is 5.12. The first-order valence-electron chi connectivity index (χ1n) is 7.10. The largest absolute Gasteiger partial charge is 0.493 e. The zero-order valence-corrected chi connectivity index (χ0v) is 12.8. The Morgan fingerprint density at radius 3 is 2.70 bits per heavy atom. The molecule has 0 spiro atoms. The van der Waals surface area contributed by atoms with Gasteiger partial charge in [-0.15, -0.1) is 5.10 Å². The molecule has 0 saturated carbocycles. The first-order chi connectivity index (χ1) is 11.1. The van der Waals surface area contributed by atoms with Crippen LogP contribution in [0.25, 0.3) is 11.3 Å². The van der Waals surface area contributed by atoms with Gasteiger partial charge in [0.05, 0.1) is 20.4 Å². The molecule has 1 atom stereocenters. The molecule has 1 aromatic carbocycles. The average molecular weight is 316 g/mol. The zero-order chi connectivity index (χ0) is 16.4. The second-order valence-corrected chi connectivity index (χ2v) is 5.12. The lowest BCUT2D eigenvalue weighted by Crippen LogP contribution is -2.41. The fourth-order valence-electron chi connectivity index (χ4n) is 2.49. The molecule has 0 bridgehead atoms. The molecule has 0 aliphatic carbocycles. The number of rotatable bonds is 4. The SMILES string of the molecule is COc1ccc(-c2cn(C3CCC(=O)NC3=O)nn2)cc1OC. The van der Waals surface area contributed by atoms with Crippen LogP contribution >= 0.6 is 0 Å². The predicted octanol–water partition coefficient (Wildman–Crippen LogP) is 0.940. The summed E-state index contributed by atoms with van der Waals surface area (Å²) in [5, 5.41) is 10.4. The topological polar surface area (TPSA) is 95.3 Å². The molecule has 3 rings (SSSR count). The van der Waals surface area contributed by atoms with Gasteiger partial charge in [0.1, 0.15) is 11.7 Å². The number of nitrogens with one attached hydrogen (secondary N) is 1. The lowest BCUT2D eigenvalue weighted by atomic mass is 10.1. The number of nitrogens with zero attached hydrogens (tertiary/aromatic N) is 3. The molecule has 1 saturated heterocycles. The lowest BCUT2D eigenvalue weighted by Gasteiger charge is -2.20. The highest BCUT2D eigenvalue weighted by Gasteiger charge is 2.29. The minimum atomic E-state index is -0.519. The molecule has 1 fully saturated rings. The molecule has 2 amide bonds. The number of benzene rings is 1. The van der Waals surface area contributed by atoms with Crippen molar-refractivity contribution in [1.29, 1.82) is 0 Å². The van der Waals surface area contributed by atoms with E-state index in [1.165, 1.54) is 4.68 Å². The van der Waals surface area contributed by atoms with Crippen molar-refractivity contribution < 1.29 is 19.1 Å². The summed E-state index contributed by atoms with van der Waals surface area (Å²) in [4.78, 5) is 23.1. The molecular weight excluding hydrogens is 300 g/mol. The van der Waals surface area contributed by atoms with Crippen molar-refractivity contribution in [1.82, 2.24) is 20.3 Å². The van der Waals surface area contributed by atoms with Gasteiger partial charge in [0, 0.05) is 12.0 Å². The fraction of sp³-hybridized carbons (Fsp3) is 0.333.